The van der Waals surface area contributed by atoms with Crippen molar-refractivity contribution in [3.63, 3.8) is 0 Å². The number of rotatable bonds is 2. The molecule has 0 fully saturated rings. The van der Waals surface area contributed by atoms with Gasteiger partial charge in [-0.05, 0) is 0 Å². The maximum atomic E-state index is 4.45. The van der Waals surface area contributed by atoms with Crippen LogP contribution in [0.5, 0.6) is 0 Å². The molecule has 0 saturated heterocycles. The number of thiazole rings is 1. The molecule has 0 spiro atoms. The Bertz CT molecular complexity index is 205. The molecule has 0 amide bonds. The van der Waals surface area contributed by atoms with Gasteiger partial charge < -0.3 is 4.90 Å². The Morgan fingerprint density at radius 2 is 2.09 bits per heavy atom. The highest BCUT2D eigenvalue weighted by Gasteiger charge is 2.05. The molecule has 0 unspecified atom stereocenters. The van der Waals surface area contributed by atoms with Crippen LogP contribution in [-0.2, 0) is 0 Å². The second-order valence-corrected chi connectivity index (χ2v) is 3.98. The number of aromatic nitrogens is 1. The van der Waals surface area contributed by atoms with Gasteiger partial charge in [0.05, 0.1) is 5.01 Å². The Labute approximate surface area is 71.9 Å². The smallest absolute Gasteiger partial charge is 0.139 e. The van der Waals surface area contributed by atoms with E-state index in [1.54, 1.807) is 11.3 Å². The molecule has 62 valence electrons. The molecule has 2 nitrogen and oxygen atoms in total. The third-order valence-electron chi connectivity index (χ3n) is 1.46. The largest absolute Gasteiger partial charge is 0.362 e. The molecule has 1 rings (SSSR count). The molecule has 0 radical (unpaired) electrons. The van der Waals surface area contributed by atoms with E-state index in [-0.39, 0.29) is 0 Å². The summed E-state index contributed by atoms with van der Waals surface area (Å²) in [4.78, 5) is 6.48. The number of anilines is 1. The van der Waals surface area contributed by atoms with Crippen molar-refractivity contribution in [1.29, 1.82) is 0 Å². The minimum atomic E-state index is 0.550. The fraction of sp³-hybridized carbons (Fsp3) is 0.625. The van der Waals surface area contributed by atoms with Crippen LogP contribution in [0, 0.1) is 0 Å². The fourth-order valence-corrected chi connectivity index (χ4v) is 1.66. The topological polar surface area (TPSA) is 16.1 Å². The second kappa shape index (κ2) is 3.22. The SMILES string of the molecule is CC(C)c1nc(N(C)C)cs1. The Hall–Kier alpha value is -0.570. The van der Waals surface area contributed by atoms with Gasteiger partial charge in [0.15, 0.2) is 0 Å². The van der Waals surface area contributed by atoms with Crippen LogP contribution in [-0.4, -0.2) is 19.1 Å². The van der Waals surface area contributed by atoms with E-state index in [2.05, 4.69) is 24.2 Å². The lowest BCUT2D eigenvalue weighted by Gasteiger charge is -2.06. The third kappa shape index (κ3) is 1.93. The Morgan fingerprint density at radius 1 is 1.45 bits per heavy atom. The van der Waals surface area contributed by atoms with Gasteiger partial charge in [0.2, 0.25) is 0 Å². The van der Waals surface area contributed by atoms with E-state index in [1.165, 1.54) is 5.01 Å². The zero-order chi connectivity index (χ0) is 8.43. The summed E-state index contributed by atoms with van der Waals surface area (Å²) in [5, 5.41) is 3.31. The van der Waals surface area contributed by atoms with Gasteiger partial charge in [0.25, 0.3) is 0 Å². The zero-order valence-electron chi connectivity index (χ0n) is 7.46. The summed E-state index contributed by atoms with van der Waals surface area (Å²) in [7, 11) is 4.03. The molecule has 0 aromatic carbocycles. The number of hydrogen-bond donors (Lipinski definition) is 0. The van der Waals surface area contributed by atoms with Crippen LogP contribution < -0.4 is 4.90 Å². The van der Waals surface area contributed by atoms with Gasteiger partial charge in [0, 0.05) is 25.4 Å². The van der Waals surface area contributed by atoms with E-state index >= 15 is 0 Å². The average molecular weight is 170 g/mol. The maximum absolute atomic E-state index is 4.45. The predicted molar refractivity (Wildman–Crippen MR) is 50.5 cm³/mol. The van der Waals surface area contributed by atoms with E-state index in [0.717, 1.165) is 5.82 Å². The van der Waals surface area contributed by atoms with Gasteiger partial charge in [-0.3, -0.25) is 0 Å². The average Bonchev–Trinajstić information content (AvgIpc) is 2.33. The van der Waals surface area contributed by atoms with Crippen molar-refractivity contribution in [1.82, 2.24) is 4.98 Å². The Kier molecular flexibility index (Phi) is 2.49. The summed E-state index contributed by atoms with van der Waals surface area (Å²) in [6.45, 7) is 4.33. The summed E-state index contributed by atoms with van der Waals surface area (Å²) in [5.41, 5.74) is 0. The predicted octanol–water partition coefficient (Wildman–Crippen LogP) is 2.33. The minimum Gasteiger partial charge on any atom is -0.362 e. The lowest BCUT2D eigenvalue weighted by atomic mass is 10.2. The molecule has 3 heteroatoms. The molecule has 1 aromatic heterocycles. The monoisotopic (exact) mass is 170 g/mol. The van der Waals surface area contributed by atoms with E-state index in [9.17, 15) is 0 Å². The van der Waals surface area contributed by atoms with Gasteiger partial charge in [0.1, 0.15) is 5.82 Å². The van der Waals surface area contributed by atoms with E-state index < -0.39 is 0 Å². The third-order valence-corrected chi connectivity index (χ3v) is 2.59. The van der Waals surface area contributed by atoms with Gasteiger partial charge >= 0.3 is 0 Å². The molecule has 0 aliphatic rings. The van der Waals surface area contributed by atoms with Crippen LogP contribution in [0.15, 0.2) is 5.38 Å². The Balaban J connectivity index is 2.82. The van der Waals surface area contributed by atoms with E-state index in [1.807, 2.05) is 19.0 Å². The Morgan fingerprint density at radius 3 is 2.36 bits per heavy atom. The minimum absolute atomic E-state index is 0.550. The first-order valence-electron chi connectivity index (χ1n) is 3.74. The van der Waals surface area contributed by atoms with Gasteiger partial charge in [-0.15, -0.1) is 11.3 Å². The van der Waals surface area contributed by atoms with Crippen molar-refractivity contribution < 1.29 is 0 Å². The number of hydrogen-bond acceptors (Lipinski definition) is 3. The molecule has 1 heterocycles. The summed E-state index contributed by atoms with van der Waals surface area (Å²) >= 11 is 1.73. The molecule has 0 bridgehead atoms. The zero-order valence-corrected chi connectivity index (χ0v) is 8.27. The van der Waals surface area contributed by atoms with Crippen LogP contribution in [0.4, 0.5) is 5.82 Å². The van der Waals surface area contributed by atoms with E-state index in [0.29, 0.717) is 5.92 Å². The van der Waals surface area contributed by atoms with Gasteiger partial charge in [-0.25, -0.2) is 4.98 Å². The molecule has 1 aromatic rings. The molecule has 0 N–H and O–H groups in total. The molecule has 0 atom stereocenters. The van der Waals surface area contributed by atoms with Crippen LogP contribution in [0.3, 0.4) is 0 Å². The van der Waals surface area contributed by atoms with Crippen molar-refractivity contribution in [2.45, 2.75) is 19.8 Å². The summed E-state index contributed by atoms with van der Waals surface area (Å²) < 4.78 is 0. The highest BCUT2D eigenvalue weighted by atomic mass is 32.1. The highest BCUT2D eigenvalue weighted by Crippen LogP contribution is 2.22. The van der Waals surface area contributed by atoms with Crippen molar-refractivity contribution in [3.8, 4) is 0 Å². The highest BCUT2D eigenvalue weighted by molar-refractivity contribution is 7.10. The molecule has 11 heavy (non-hydrogen) atoms. The van der Waals surface area contributed by atoms with Crippen molar-refractivity contribution >= 4 is 17.2 Å². The quantitative estimate of drug-likeness (QED) is 0.677. The normalized spacial score (nSPS) is 10.6. The van der Waals surface area contributed by atoms with Crippen LogP contribution in [0.2, 0.25) is 0 Å². The molecule has 0 aliphatic carbocycles. The van der Waals surface area contributed by atoms with Crippen molar-refractivity contribution in [3.05, 3.63) is 10.4 Å². The molecule has 0 saturated carbocycles. The first kappa shape index (κ1) is 8.53. The lowest BCUT2D eigenvalue weighted by Crippen LogP contribution is -2.08. The van der Waals surface area contributed by atoms with Crippen LogP contribution in [0.25, 0.3) is 0 Å². The second-order valence-electron chi connectivity index (χ2n) is 3.09. The maximum Gasteiger partial charge on any atom is 0.139 e. The first-order chi connectivity index (χ1) is 5.11. The van der Waals surface area contributed by atoms with Crippen molar-refractivity contribution in [2.75, 3.05) is 19.0 Å². The number of nitrogens with zero attached hydrogens (tertiary/aromatic N) is 2. The summed E-state index contributed by atoms with van der Waals surface area (Å²) in [6, 6.07) is 0. The lowest BCUT2D eigenvalue weighted by molar-refractivity contribution is 0.848. The molecular formula is C8H14N2S. The van der Waals surface area contributed by atoms with Crippen molar-refractivity contribution in [2.24, 2.45) is 0 Å². The molecule has 0 aliphatic heterocycles. The summed E-state index contributed by atoms with van der Waals surface area (Å²) in [5.74, 6) is 1.62. The standard InChI is InChI=1S/C8H14N2S/c1-6(2)8-9-7(5-11-8)10(3)4/h5-6H,1-4H3. The summed E-state index contributed by atoms with van der Waals surface area (Å²) in [6.07, 6.45) is 0. The van der Waals surface area contributed by atoms with Gasteiger partial charge in [-0.1, -0.05) is 13.8 Å². The van der Waals surface area contributed by atoms with Gasteiger partial charge in [-0.2, -0.15) is 0 Å². The van der Waals surface area contributed by atoms with Crippen LogP contribution in [0.1, 0.15) is 24.8 Å². The van der Waals surface area contributed by atoms with E-state index in [4.69, 9.17) is 0 Å². The van der Waals surface area contributed by atoms with Crippen LogP contribution >= 0.6 is 11.3 Å². The fourth-order valence-electron chi connectivity index (χ4n) is 0.749. The molecular weight excluding hydrogens is 156 g/mol. The first-order valence-corrected chi connectivity index (χ1v) is 4.62.